The van der Waals surface area contributed by atoms with E-state index in [1.807, 2.05) is 6.92 Å². The van der Waals surface area contributed by atoms with Gasteiger partial charge >= 0.3 is 0 Å². The van der Waals surface area contributed by atoms with E-state index in [1.54, 1.807) is 7.05 Å². The maximum Gasteiger partial charge on any atom is 0.220 e. The number of piperidine rings is 1. The predicted molar refractivity (Wildman–Crippen MR) is 80.8 cm³/mol. The van der Waals surface area contributed by atoms with Crippen LogP contribution in [0, 0.1) is 6.92 Å². The van der Waals surface area contributed by atoms with E-state index in [0.717, 1.165) is 25.2 Å². The highest BCUT2D eigenvalue weighted by molar-refractivity contribution is 5.75. The minimum atomic E-state index is 0.0975. The summed E-state index contributed by atoms with van der Waals surface area (Å²) in [6.45, 7) is 4.34. The molecular formula is C16H25N3O. The Kier molecular flexibility index (Phi) is 5.12. The number of hydrogen-bond acceptors (Lipinski definition) is 3. The standard InChI is InChI=1S/C16H25N3O/c1-12-10-13(4-5-16(20)17-2)11-15(18-12)14-6-8-19(3)9-7-14/h10-11,14H,4-9H2,1-3H3,(H,17,20). The average Bonchev–Trinajstić information content (AvgIpc) is 2.45. The van der Waals surface area contributed by atoms with Crippen LogP contribution in [0.15, 0.2) is 12.1 Å². The number of carbonyl (C=O) groups excluding carboxylic acids is 1. The predicted octanol–water partition coefficient (Wildman–Crippen LogP) is 1.88. The number of nitrogens with one attached hydrogen (secondary N) is 1. The molecule has 1 saturated heterocycles. The monoisotopic (exact) mass is 275 g/mol. The topological polar surface area (TPSA) is 45.2 Å². The summed E-state index contributed by atoms with van der Waals surface area (Å²) in [6, 6.07) is 4.30. The molecule has 0 aliphatic carbocycles. The Hall–Kier alpha value is -1.42. The normalized spacial score (nSPS) is 17.1. The Morgan fingerprint density at radius 1 is 1.40 bits per heavy atom. The van der Waals surface area contributed by atoms with Crippen molar-refractivity contribution in [2.45, 2.75) is 38.5 Å². The zero-order valence-electron chi connectivity index (χ0n) is 12.8. The van der Waals surface area contributed by atoms with E-state index < -0.39 is 0 Å². The van der Waals surface area contributed by atoms with Gasteiger partial charge in [0.15, 0.2) is 0 Å². The van der Waals surface area contributed by atoms with Crippen LogP contribution in [-0.4, -0.2) is 43.0 Å². The van der Waals surface area contributed by atoms with E-state index in [-0.39, 0.29) is 5.91 Å². The minimum Gasteiger partial charge on any atom is -0.359 e. The van der Waals surface area contributed by atoms with Crippen molar-refractivity contribution in [3.8, 4) is 0 Å². The van der Waals surface area contributed by atoms with Gasteiger partial charge in [0.05, 0.1) is 0 Å². The number of nitrogens with zero attached hydrogens (tertiary/aromatic N) is 2. The van der Waals surface area contributed by atoms with Crippen LogP contribution in [0.25, 0.3) is 0 Å². The Labute approximate surface area is 121 Å². The summed E-state index contributed by atoms with van der Waals surface area (Å²) in [7, 11) is 3.86. The molecule has 0 atom stereocenters. The summed E-state index contributed by atoms with van der Waals surface area (Å²) >= 11 is 0. The second-order valence-corrected chi connectivity index (χ2v) is 5.79. The van der Waals surface area contributed by atoms with Gasteiger partial charge in [0.1, 0.15) is 0 Å². The van der Waals surface area contributed by atoms with E-state index in [1.165, 1.54) is 24.1 Å². The van der Waals surface area contributed by atoms with Crippen LogP contribution in [0.5, 0.6) is 0 Å². The largest absolute Gasteiger partial charge is 0.359 e. The Morgan fingerprint density at radius 3 is 2.75 bits per heavy atom. The number of carbonyl (C=O) groups is 1. The lowest BCUT2D eigenvalue weighted by Gasteiger charge is -2.28. The number of pyridine rings is 1. The number of amides is 1. The lowest BCUT2D eigenvalue weighted by Crippen LogP contribution is -2.29. The molecule has 1 N–H and O–H groups in total. The molecule has 0 spiro atoms. The zero-order valence-corrected chi connectivity index (χ0v) is 12.8. The van der Waals surface area contributed by atoms with Gasteiger partial charge in [-0.15, -0.1) is 0 Å². The van der Waals surface area contributed by atoms with Gasteiger partial charge in [-0.1, -0.05) is 0 Å². The number of likely N-dealkylation sites (tertiary alicyclic amines) is 1. The maximum absolute atomic E-state index is 11.4. The van der Waals surface area contributed by atoms with Gasteiger partial charge in [-0.3, -0.25) is 9.78 Å². The first-order valence-corrected chi connectivity index (χ1v) is 7.45. The van der Waals surface area contributed by atoms with Crippen LogP contribution in [0.2, 0.25) is 0 Å². The van der Waals surface area contributed by atoms with Gasteiger partial charge in [-0.25, -0.2) is 0 Å². The van der Waals surface area contributed by atoms with E-state index >= 15 is 0 Å². The van der Waals surface area contributed by atoms with Crippen molar-refractivity contribution in [1.29, 1.82) is 0 Å². The van der Waals surface area contributed by atoms with Crippen molar-refractivity contribution in [2.75, 3.05) is 27.2 Å². The Morgan fingerprint density at radius 2 is 2.10 bits per heavy atom. The van der Waals surface area contributed by atoms with Crippen LogP contribution >= 0.6 is 0 Å². The van der Waals surface area contributed by atoms with Crippen molar-refractivity contribution in [1.82, 2.24) is 15.2 Å². The molecule has 4 heteroatoms. The highest BCUT2D eigenvalue weighted by Gasteiger charge is 2.20. The molecule has 2 heterocycles. The summed E-state index contributed by atoms with van der Waals surface area (Å²) < 4.78 is 0. The van der Waals surface area contributed by atoms with Crippen molar-refractivity contribution in [3.63, 3.8) is 0 Å². The van der Waals surface area contributed by atoms with Crippen molar-refractivity contribution in [3.05, 3.63) is 29.1 Å². The Balaban J connectivity index is 2.06. The van der Waals surface area contributed by atoms with E-state index in [9.17, 15) is 4.79 Å². The fourth-order valence-electron chi connectivity index (χ4n) is 2.81. The molecule has 1 aromatic heterocycles. The highest BCUT2D eigenvalue weighted by atomic mass is 16.1. The molecular weight excluding hydrogens is 250 g/mol. The average molecular weight is 275 g/mol. The molecule has 20 heavy (non-hydrogen) atoms. The zero-order chi connectivity index (χ0) is 14.5. The first-order chi connectivity index (χ1) is 9.58. The fourth-order valence-corrected chi connectivity index (χ4v) is 2.81. The van der Waals surface area contributed by atoms with Gasteiger partial charge in [-0.05, 0) is 64.0 Å². The van der Waals surface area contributed by atoms with Crippen molar-refractivity contribution < 1.29 is 4.79 Å². The first-order valence-electron chi connectivity index (χ1n) is 7.45. The smallest absolute Gasteiger partial charge is 0.220 e. The molecule has 0 unspecified atom stereocenters. The lowest BCUT2D eigenvalue weighted by atomic mass is 9.92. The van der Waals surface area contributed by atoms with Gasteiger partial charge < -0.3 is 10.2 Å². The van der Waals surface area contributed by atoms with Crippen LogP contribution < -0.4 is 5.32 Å². The summed E-state index contributed by atoms with van der Waals surface area (Å²) in [6.07, 6.45) is 3.71. The fraction of sp³-hybridized carbons (Fsp3) is 0.625. The Bertz CT molecular complexity index is 465. The lowest BCUT2D eigenvalue weighted by molar-refractivity contribution is -0.120. The van der Waals surface area contributed by atoms with Gasteiger partial charge in [0.2, 0.25) is 5.91 Å². The second-order valence-electron chi connectivity index (χ2n) is 5.79. The third-order valence-corrected chi connectivity index (χ3v) is 4.09. The molecule has 110 valence electrons. The first kappa shape index (κ1) is 15.0. The van der Waals surface area contributed by atoms with Gasteiger partial charge in [-0.2, -0.15) is 0 Å². The molecule has 1 amide bonds. The summed E-state index contributed by atoms with van der Waals surface area (Å²) in [5.74, 6) is 0.671. The molecule has 0 aromatic carbocycles. The third-order valence-electron chi connectivity index (χ3n) is 4.09. The summed E-state index contributed by atoms with van der Waals surface area (Å²) in [5.41, 5.74) is 3.51. The van der Waals surface area contributed by atoms with Gasteiger partial charge in [0.25, 0.3) is 0 Å². The third kappa shape index (κ3) is 4.04. The number of hydrogen-bond donors (Lipinski definition) is 1. The van der Waals surface area contributed by atoms with Crippen molar-refractivity contribution >= 4 is 5.91 Å². The maximum atomic E-state index is 11.4. The van der Waals surface area contributed by atoms with E-state index in [4.69, 9.17) is 4.98 Å². The van der Waals surface area contributed by atoms with Crippen LogP contribution in [0.3, 0.4) is 0 Å². The van der Waals surface area contributed by atoms with E-state index in [0.29, 0.717) is 12.3 Å². The summed E-state index contributed by atoms with van der Waals surface area (Å²) in [5, 5.41) is 2.67. The molecule has 2 rings (SSSR count). The van der Waals surface area contributed by atoms with Crippen molar-refractivity contribution in [2.24, 2.45) is 0 Å². The number of rotatable bonds is 4. The molecule has 1 fully saturated rings. The molecule has 0 bridgehead atoms. The molecule has 1 aliphatic heterocycles. The minimum absolute atomic E-state index is 0.0975. The van der Waals surface area contributed by atoms with Gasteiger partial charge in [0, 0.05) is 30.8 Å². The summed E-state index contributed by atoms with van der Waals surface area (Å²) in [4.78, 5) is 18.4. The van der Waals surface area contributed by atoms with Crippen LogP contribution in [-0.2, 0) is 11.2 Å². The quantitative estimate of drug-likeness (QED) is 0.912. The second kappa shape index (κ2) is 6.84. The van der Waals surface area contributed by atoms with Crippen LogP contribution in [0.4, 0.5) is 0 Å². The molecule has 0 radical (unpaired) electrons. The molecule has 4 nitrogen and oxygen atoms in total. The molecule has 0 saturated carbocycles. The SMILES string of the molecule is CNC(=O)CCc1cc(C)nc(C2CCN(C)CC2)c1. The number of aromatic nitrogens is 1. The van der Waals surface area contributed by atoms with E-state index in [2.05, 4.69) is 29.4 Å². The highest BCUT2D eigenvalue weighted by Crippen LogP contribution is 2.27. The molecule has 1 aliphatic rings. The number of aryl methyl sites for hydroxylation is 2. The van der Waals surface area contributed by atoms with Crippen LogP contribution in [0.1, 0.15) is 42.1 Å². The molecule has 1 aromatic rings.